The van der Waals surface area contributed by atoms with Gasteiger partial charge in [0, 0.05) is 12.7 Å². The Balaban J connectivity index is 2.67. The number of hydrogen-bond acceptors (Lipinski definition) is 3. The summed E-state index contributed by atoms with van der Waals surface area (Å²) in [7, 11) is 0. The first-order valence-corrected chi connectivity index (χ1v) is 6.38. The second kappa shape index (κ2) is 5.64. The summed E-state index contributed by atoms with van der Waals surface area (Å²) in [5.41, 5.74) is 0.463. The minimum atomic E-state index is -0.647. The first-order valence-electron chi connectivity index (χ1n) is 5.59. The van der Waals surface area contributed by atoms with E-state index in [2.05, 4.69) is 26.2 Å². The second-order valence-electron chi connectivity index (χ2n) is 4.13. The number of aliphatic hydroxyl groups is 1. The minimum absolute atomic E-state index is 0.522. The van der Waals surface area contributed by atoms with E-state index in [4.69, 9.17) is 0 Å². The summed E-state index contributed by atoms with van der Waals surface area (Å²) in [5.74, 6) is 0.783. The number of nitrogens with one attached hydrogen (secondary N) is 1. The molecular formula is C12H19BrN2O. The Labute approximate surface area is 105 Å². The van der Waals surface area contributed by atoms with E-state index in [-0.39, 0.29) is 0 Å². The maximum Gasteiger partial charge on any atom is 0.140 e. The summed E-state index contributed by atoms with van der Waals surface area (Å²) in [6.45, 7) is 6.50. The maximum atomic E-state index is 10.1. The molecule has 0 saturated heterocycles. The number of halogens is 1. The van der Waals surface area contributed by atoms with Gasteiger partial charge in [0.2, 0.25) is 0 Å². The summed E-state index contributed by atoms with van der Waals surface area (Å²) >= 11 is 3.45. The fraction of sp³-hybridized carbons (Fsp3) is 0.583. The molecule has 90 valence electrons. The zero-order valence-electron chi connectivity index (χ0n) is 10.0. The van der Waals surface area contributed by atoms with Crippen molar-refractivity contribution in [3.05, 3.63) is 22.3 Å². The van der Waals surface area contributed by atoms with E-state index in [0.29, 0.717) is 6.54 Å². The fourth-order valence-corrected chi connectivity index (χ4v) is 2.02. The molecule has 0 unspecified atom stereocenters. The second-order valence-corrected chi connectivity index (χ2v) is 4.98. The lowest BCUT2D eigenvalue weighted by Gasteiger charge is -2.25. The van der Waals surface area contributed by atoms with Crippen molar-refractivity contribution in [2.75, 3.05) is 11.9 Å². The van der Waals surface area contributed by atoms with Crippen molar-refractivity contribution < 1.29 is 5.11 Å². The van der Waals surface area contributed by atoms with Crippen LogP contribution in [0, 0.1) is 6.92 Å². The molecule has 1 aromatic rings. The van der Waals surface area contributed by atoms with Gasteiger partial charge in [0.05, 0.1) is 10.1 Å². The highest BCUT2D eigenvalue weighted by Crippen LogP contribution is 2.22. The van der Waals surface area contributed by atoms with Gasteiger partial charge in [0.15, 0.2) is 0 Å². The molecule has 1 aromatic heterocycles. The molecule has 3 nitrogen and oxygen atoms in total. The number of nitrogens with zero attached hydrogens (tertiary/aromatic N) is 1. The van der Waals surface area contributed by atoms with Gasteiger partial charge in [-0.3, -0.25) is 0 Å². The van der Waals surface area contributed by atoms with E-state index in [1.165, 1.54) is 0 Å². The van der Waals surface area contributed by atoms with Crippen molar-refractivity contribution in [3.63, 3.8) is 0 Å². The Kier molecular flexibility index (Phi) is 4.74. The maximum absolute atomic E-state index is 10.1. The smallest absolute Gasteiger partial charge is 0.140 e. The molecule has 0 atom stereocenters. The van der Waals surface area contributed by atoms with Crippen LogP contribution in [0.5, 0.6) is 0 Å². The molecule has 4 heteroatoms. The number of aromatic nitrogens is 1. The van der Waals surface area contributed by atoms with Crippen LogP contribution in [-0.4, -0.2) is 22.2 Å². The van der Waals surface area contributed by atoms with Gasteiger partial charge in [0.25, 0.3) is 0 Å². The largest absolute Gasteiger partial charge is 0.388 e. The van der Waals surface area contributed by atoms with Gasteiger partial charge in [-0.1, -0.05) is 13.8 Å². The molecule has 2 N–H and O–H groups in total. The van der Waals surface area contributed by atoms with Crippen LogP contribution in [0.1, 0.15) is 32.3 Å². The van der Waals surface area contributed by atoms with Crippen LogP contribution in [0.15, 0.2) is 16.7 Å². The number of aryl methyl sites for hydroxylation is 1. The summed E-state index contributed by atoms with van der Waals surface area (Å²) in [6.07, 6.45) is 3.28. The Bertz CT molecular complexity index is 351. The van der Waals surface area contributed by atoms with Crippen molar-refractivity contribution in [1.29, 1.82) is 0 Å². The molecule has 16 heavy (non-hydrogen) atoms. The zero-order valence-corrected chi connectivity index (χ0v) is 11.6. The number of rotatable bonds is 5. The molecule has 1 heterocycles. The summed E-state index contributed by atoms with van der Waals surface area (Å²) in [4.78, 5) is 4.28. The number of anilines is 1. The Morgan fingerprint density at radius 2 is 2.06 bits per heavy atom. The average Bonchev–Trinajstić information content (AvgIpc) is 2.27. The van der Waals surface area contributed by atoms with Crippen molar-refractivity contribution in [2.24, 2.45) is 0 Å². The van der Waals surface area contributed by atoms with Gasteiger partial charge >= 0.3 is 0 Å². The SMILES string of the molecule is CCC(O)(CC)CNc1ncc(C)cc1Br. The lowest BCUT2D eigenvalue weighted by atomic mass is 9.98. The van der Waals surface area contributed by atoms with Gasteiger partial charge < -0.3 is 10.4 Å². The molecule has 0 bridgehead atoms. The predicted molar refractivity (Wildman–Crippen MR) is 70.7 cm³/mol. The average molecular weight is 287 g/mol. The molecule has 0 aliphatic carbocycles. The molecule has 0 fully saturated rings. The van der Waals surface area contributed by atoms with Crippen LogP contribution in [0.4, 0.5) is 5.82 Å². The zero-order chi connectivity index (χ0) is 12.2. The highest BCUT2D eigenvalue weighted by Gasteiger charge is 2.22. The molecule has 0 radical (unpaired) electrons. The summed E-state index contributed by atoms with van der Waals surface area (Å²) in [6, 6.07) is 2.01. The fourth-order valence-electron chi connectivity index (χ4n) is 1.41. The normalized spacial score (nSPS) is 11.6. The van der Waals surface area contributed by atoms with Crippen LogP contribution in [0.3, 0.4) is 0 Å². The highest BCUT2D eigenvalue weighted by atomic mass is 79.9. The number of pyridine rings is 1. The molecular weight excluding hydrogens is 268 g/mol. The van der Waals surface area contributed by atoms with E-state index in [1.54, 1.807) is 0 Å². The van der Waals surface area contributed by atoms with Gasteiger partial charge in [0.1, 0.15) is 5.82 Å². The van der Waals surface area contributed by atoms with E-state index in [9.17, 15) is 5.11 Å². The van der Waals surface area contributed by atoms with Gasteiger partial charge in [-0.05, 0) is 47.3 Å². The van der Waals surface area contributed by atoms with Crippen molar-refractivity contribution in [2.45, 2.75) is 39.2 Å². The van der Waals surface area contributed by atoms with Gasteiger partial charge in [-0.15, -0.1) is 0 Å². The first kappa shape index (κ1) is 13.5. The van der Waals surface area contributed by atoms with Crippen LogP contribution < -0.4 is 5.32 Å². The standard InChI is InChI=1S/C12H19BrN2O/c1-4-12(16,5-2)8-15-11-10(13)6-9(3)7-14-11/h6-7,16H,4-5,8H2,1-3H3,(H,14,15). The third kappa shape index (κ3) is 3.46. The van der Waals surface area contributed by atoms with Crippen molar-refractivity contribution >= 4 is 21.7 Å². The molecule has 0 saturated carbocycles. The Morgan fingerprint density at radius 1 is 1.44 bits per heavy atom. The van der Waals surface area contributed by atoms with Crippen LogP contribution in [0.2, 0.25) is 0 Å². The molecule has 0 spiro atoms. The molecule has 0 aliphatic heterocycles. The monoisotopic (exact) mass is 286 g/mol. The van der Waals surface area contributed by atoms with Crippen LogP contribution in [0.25, 0.3) is 0 Å². The minimum Gasteiger partial charge on any atom is -0.388 e. The Hall–Kier alpha value is -0.610. The summed E-state index contributed by atoms with van der Waals surface area (Å²) in [5, 5.41) is 13.3. The topological polar surface area (TPSA) is 45.1 Å². The molecule has 0 aliphatic rings. The van der Waals surface area contributed by atoms with E-state index in [0.717, 1.165) is 28.7 Å². The summed E-state index contributed by atoms with van der Waals surface area (Å²) < 4.78 is 0.932. The quantitative estimate of drug-likeness (QED) is 0.874. The van der Waals surface area contributed by atoms with Gasteiger partial charge in [-0.2, -0.15) is 0 Å². The van der Waals surface area contributed by atoms with E-state index in [1.807, 2.05) is 33.0 Å². The first-order chi connectivity index (χ1) is 7.50. The van der Waals surface area contributed by atoms with E-state index < -0.39 is 5.60 Å². The molecule has 0 amide bonds. The Morgan fingerprint density at radius 3 is 2.56 bits per heavy atom. The third-order valence-corrected chi connectivity index (χ3v) is 3.48. The van der Waals surface area contributed by atoms with Crippen LogP contribution >= 0.6 is 15.9 Å². The van der Waals surface area contributed by atoms with Crippen molar-refractivity contribution in [1.82, 2.24) is 4.98 Å². The van der Waals surface area contributed by atoms with Crippen LogP contribution in [-0.2, 0) is 0 Å². The van der Waals surface area contributed by atoms with Crippen molar-refractivity contribution in [3.8, 4) is 0 Å². The lowest BCUT2D eigenvalue weighted by Crippen LogP contribution is -2.35. The lowest BCUT2D eigenvalue weighted by molar-refractivity contribution is 0.0456. The molecule has 1 rings (SSSR count). The van der Waals surface area contributed by atoms with Gasteiger partial charge in [-0.25, -0.2) is 4.98 Å². The predicted octanol–water partition coefficient (Wildman–Crippen LogP) is 3.12. The highest BCUT2D eigenvalue weighted by molar-refractivity contribution is 9.10. The number of hydrogen-bond donors (Lipinski definition) is 2. The molecule has 0 aromatic carbocycles. The third-order valence-electron chi connectivity index (χ3n) is 2.88. The van der Waals surface area contributed by atoms with E-state index >= 15 is 0 Å².